The van der Waals surface area contributed by atoms with Gasteiger partial charge in [-0.25, -0.2) is 18.5 Å². The van der Waals surface area contributed by atoms with E-state index >= 15 is 0 Å². The van der Waals surface area contributed by atoms with E-state index in [0.717, 1.165) is 70.2 Å². The average Bonchev–Trinajstić information content (AvgIpc) is 3.90. The van der Waals surface area contributed by atoms with Crippen LogP contribution in [-0.2, 0) is 101 Å². The molecule has 0 radical (unpaired) electrons. The first-order chi connectivity index (χ1) is 30.8. The number of rotatable bonds is 18. The molecule has 2 aliphatic rings. The number of anilines is 1. The zero-order chi connectivity index (χ0) is 48.8. The maximum absolute atomic E-state index is 12.9. The van der Waals surface area contributed by atoms with E-state index in [1.807, 2.05) is 0 Å². The minimum Gasteiger partial charge on any atom is -0.756 e. The second-order valence-electron chi connectivity index (χ2n) is 14.0. The molecule has 67 heavy (non-hydrogen) atoms. The van der Waals surface area contributed by atoms with Crippen molar-refractivity contribution in [3.8, 4) is 0 Å². The molecule has 0 saturated carbocycles. The van der Waals surface area contributed by atoms with Crippen molar-refractivity contribution in [1.82, 2.24) is 34.5 Å². The number of aromatic amines is 1. The van der Waals surface area contributed by atoms with Crippen LogP contribution in [0.15, 0.2) is 17.3 Å². The molecule has 31 nitrogen and oxygen atoms in total. The van der Waals surface area contributed by atoms with Gasteiger partial charge in [-0.3, -0.25) is 62.3 Å². The van der Waals surface area contributed by atoms with Crippen molar-refractivity contribution in [3.63, 3.8) is 0 Å². The molecular formula is C33H41N8NaO23P2. The minimum atomic E-state index is -5.89. The molecule has 2 fully saturated rings. The number of carbonyl (C=O) groups is 7. The third kappa shape index (κ3) is 14.7. The molecule has 11 atom stereocenters. The molecule has 3 aromatic rings. The maximum atomic E-state index is 12.9. The van der Waals surface area contributed by atoms with Gasteiger partial charge in [0.2, 0.25) is 11.9 Å². The van der Waals surface area contributed by atoms with E-state index in [9.17, 15) is 57.3 Å². The first-order valence-electron chi connectivity index (χ1n) is 18.9. The van der Waals surface area contributed by atoms with Crippen LogP contribution in [0.2, 0.25) is 0 Å². The smallest absolute Gasteiger partial charge is 0.756 e. The van der Waals surface area contributed by atoms with Gasteiger partial charge in [0.25, 0.3) is 13.4 Å². The van der Waals surface area contributed by atoms with Gasteiger partial charge in [-0.05, 0) is 0 Å². The number of esters is 6. The number of ether oxygens (including phenoxy) is 8. The number of carbonyl (C=O) groups excluding carboxylic acids is 7. The van der Waals surface area contributed by atoms with Crippen molar-refractivity contribution < 1.29 is 133 Å². The Labute approximate surface area is 398 Å². The summed E-state index contributed by atoms with van der Waals surface area (Å²) in [5, 5.41) is 9.87. The molecule has 5 heterocycles. The Morgan fingerprint density at radius 1 is 0.776 bits per heavy atom. The fraction of sp³-hybridized carbons (Fsp3) is 0.576. The standard InChI is InChI=1S/C33H42N8O23P2.Na/c1-13(42)35-33-36-29-23(30(49)37-33)34-12-40(29)31-27(60-18(6)47)25(58-16(4)45)22(62-31)11-56-66(52,53)64-65(50,51)55-9-20-8-41(39-38-20)32-28(61-19(7)48)26(59-17(5)46)24(57-15(3)44)21(63-32)10-54-14(2)43;/h8,12,21-22,24-28,31-32H,9-11H2,1-7H3,(H,50,51)(H,52,53)(H2,35,36,37,42,49);/q;+1/p-1/t21-,22-,24+,25-,26+,27-,28-,31-,32-;/m1./s1. The number of phosphoric acid groups is 2. The summed E-state index contributed by atoms with van der Waals surface area (Å²) in [5.41, 5.74) is -1.64. The summed E-state index contributed by atoms with van der Waals surface area (Å²) in [6.07, 6.45) is -12.1. The summed E-state index contributed by atoms with van der Waals surface area (Å²) >= 11 is 0. The van der Waals surface area contributed by atoms with E-state index in [0.29, 0.717) is 0 Å². The summed E-state index contributed by atoms with van der Waals surface area (Å²) in [4.78, 5) is 131. The van der Waals surface area contributed by atoms with Gasteiger partial charge in [-0.2, -0.15) is 4.98 Å². The normalized spacial score (nSPS) is 25.3. The number of nitrogens with zero attached hydrogens (tertiary/aromatic N) is 6. The Morgan fingerprint density at radius 3 is 1.87 bits per heavy atom. The molecule has 0 bridgehead atoms. The van der Waals surface area contributed by atoms with Gasteiger partial charge < -0.3 is 52.2 Å². The van der Waals surface area contributed by atoms with Gasteiger partial charge in [0.1, 0.15) is 31.1 Å². The van der Waals surface area contributed by atoms with Crippen molar-refractivity contribution >= 4 is 74.5 Å². The quantitative estimate of drug-likeness (QED) is 0.0468. The van der Waals surface area contributed by atoms with Crippen LogP contribution in [0.25, 0.3) is 11.2 Å². The van der Waals surface area contributed by atoms with Crippen LogP contribution in [0.1, 0.15) is 66.6 Å². The Hall–Kier alpha value is -5.04. The molecule has 1 amide bonds. The monoisotopic (exact) mass is 1000 g/mol. The summed E-state index contributed by atoms with van der Waals surface area (Å²) in [7, 11) is -11.5. The van der Waals surface area contributed by atoms with Crippen LogP contribution in [0.4, 0.5) is 5.95 Å². The van der Waals surface area contributed by atoms with Crippen LogP contribution in [0, 0.1) is 0 Å². The van der Waals surface area contributed by atoms with E-state index in [1.165, 1.54) is 0 Å². The Morgan fingerprint density at radius 2 is 1.30 bits per heavy atom. The molecule has 0 aliphatic carbocycles. The molecule has 2 saturated heterocycles. The van der Waals surface area contributed by atoms with Crippen LogP contribution in [-0.4, -0.2) is 137 Å². The molecule has 3 N–H and O–H groups in total. The largest absolute Gasteiger partial charge is 1.00 e. The third-order valence-electron chi connectivity index (χ3n) is 8.65. The molecule has 2 unspecified atom stereocenters. The molecule has 0 spiro atoms. The molecule has 0 aromatic carbocycles. The number of hydrogen-bond donors (Lipinski definition) is 3. The number of nitrogens with one attached hydrogen (secondary N) is 2. The van der Waals surface area contributed by atoms with Crippen molar-refractivity contribution in [2.75, 3.05) is 18.5 Å². The molecule has 2 aliphatic heterocycles. The fourth-order valence-corrected chi connectivity index (χ4v) is 8.48. The van der Waals surface area contributed by atoms with E-state index in [4.69, 9.17) is 46.9 Å². The summed E-state index contributed by atoms with van der Waals surface area (Å²) in [6, 6.07) is 0. The zero-order valence-corrected chi connectivity index (χ0v) is 40.3. The Kier molecular flexibility index (Phi) is 18.6. The first kappa shape index (κ1) is 54.6. The molecule has 362 valence electrons. The van der Waals surface area contributed by atoms with E-state index < -0.39 is 138 Å². The van der Waals surface area contributed by atoms with Gasteiger partial charge in [-0.15, -0.1) is 5.10 Å². The number of aromatic nitrogens is 7. The third-order valence-corrected chi connectivity index (χ3v) is 11.2. The van der Waals surface area contributed by atoms with Crippen molar-refractivity contribution in [2.45, 2.75) is 110 Å². The predicted molar refractivity (Wildman–Crippen MR) is 204 cm³/mol. The van der Waals surface area contributed by atoms with Crippen LogP contribution >= 0.6 is 15.6 Å². The van der Waals surface area contributed by atoms with Crippen molar-refractivity contribution in [2.24, 2.45) is 0 Å². The maximum Gasteiger partial charge on any atom is 1.00 e. The topological polar surface area (TPSA) is 405 Å². The molecular weight excluding hydrogens is 961 g/mol. The number of amides is 1. The minimum absolute atomic E-state index is 0. The number of H-pyrrole nitrogens is 1. The number of hydrogen-bond acceptors (Lipinski definition) is 26. The van der Waals surface area contributed by atoms with E-state index in [1.54, 1.807) is 0 Å². The molecule has 5 rings (SSSR count). The van der Waals surface area contributed by atoms with Crippen LogP contribution in [0.3, 0.4) is 0 Å². The second-order valence-corrected chi connectivity index (χ2v) is 17.0. The van der Waals surface area contributed by atoms with Crippen LogP contribution < -0.4 is 45.3 Å². The van der Waals surface area contributed by atoms with Crippen molar-refractivity contribution in [3.05, 3.63) is 28.6 Å². The molecule has 3 aromatic heterocycles. The molecule has 34 heteroatoms. The zero-order valence-electron chi connectivity index (χ0n) is 36.5. The Balaban J connectivity index is 0.00000980. The van der Waals surface area contributed by atoms with Gasteiger partial charge in [0, 0.05) is 48.5 Å². The predicted octanol–water partition coefficient (Wildman–Crippen LogP) is -4.49. The van der Waals surface area contributed by atoms with E-state index in [-0.39, 0.29) is 52.4 Å². The number of phosphoric ester groups is 2. The summed E-state index contributed by atoms with van der Waals surface area (Å²) in [6.45, 7) is 4.48. The number of fused-ring (bicyclic) bond motifs is 1. The van der Waals surface area contributed by atoms with Gasteiger partial charge in [0.05, 0.1) is 19.1 Å². The Bertz CT molecular complexity index is 2520. The fourth-order valence-electron chi connectivity index (χ4n) is 6.46. The van der Waals surface area contributed by atoms with Gasteiger partial charge >= 0.3 is 73.2 Å². The number of imidazole rings is 1. The van der Waals surface area contributed by atoms with Gasteiger partial charge in [-0.1, -0.05) is 5.21 Å². The first-order valence-corrected chi connectivity index (χ1v) is 21.9. The van der Waals surface area contributed by atoms with Crippen LogP contribution in [0.5, 0.6) is 0 Å². The van der Waals surface area contributed by atoms with Gasteiger partial charge in [0.15, 0.2) is 54.1 Å². The summed E-state index contributed by atoms with van der Waals surface area (Å²) in [5.74, 6) is -6.32. The van der Waals surface area contributed by atoms with E-state index in [2.05, 4.69) is 34.9 Å². The average molecular weight is 1000 g/mol. The summed E-state index contributed by atoms with van der Waals surface area (Å²) < 4.78 is 85.4. The van der Waals surface area contributed by atoms with Crippen molar-refractivity contribution in [1.29, 1.82) is 0 Å². The second kappa shape index (κ2) is 22.8. The SMILES string of the molecule is CC(=O)Nc1nc2c(ncn2[C@@H]2O[C@H](COP(=O)([O-])OP(=O)(O)OCc3cn([C@@H]4O[C@H](COC(C)=O)[C@H](OC(C)=O)[C@H](OC(C)=O)[C@H]4OC(C)=O)nn3)[C@@H](OC(C)=O)[C@H]2OC(C)=O)c(=O)[nH]1.[Na+].